The largest absolute Gasteiger partial charge is 0.507 e. The molecule has 3 heterocycles. The molecule has 5 nitrogen and oxygen atoms in total. The van der Waals surface area contributed by atoms with Crippen LogP contribution in [0.3, 0.4) is 0 Å². The van der Waals surface area contributed by atoms with Crippen molar-refractivity contribution in [2.75, 3.05) is 0 Å². The fourth-order valence-electron chi connectivity index (χ4n) is 9.25. The van der Waals surface area contributed by atoms with E-state index in [2.05, 4.69) is 228 Å². The van der Waals surface area contributed by atoms with Crippen molar-refractivity contribution in [1.82, 2.24) is 19.1 Å². The van der Waals surface area contributed by atoms with Crippen LogP contribution in [0.5, 0.6) is 5.75 Å². The molecule has 0 aliphatic heterocycles. The van der Waals surface area contributed by atoms with Gasteiger partial charge < -0.3 is 9.67 Å². The molecule has 7 aromatic carbocycles. The van der Waals surface area contributed by atoms with Gasteiger partial charge in [0, 0.05) is 66.1 Å². The number of phenols is 1. The van der Waals surface area contributed by atoms with Gasteiger partial charge in [0.1, 0.15) is 11.6 Å². The molecule has 0 amide bonds. The molecule has 326 valence electrons. The van der Waals surface area contributed by atoms with E-state index in [1.165, 1.54) is 10.9 Å². The molecule has 3 aromatic heterocycles. The maximum atomic E-state index is 12.3. The summed E-state index contributed by atoms with van der Waals surface area (Å²) in [6.45, 7) is 17.7. The maximum absolute atomic E-state index is 12.3. The minimum atomic E-state index is -0.363. The maximum Gasteiger partial charge on any atom is 0.148 e. The molecule has 1 N–H and O–H groups in total. The predicted octanol–water partition coefficient (Wildman–Crippen LogP) is 14.9. The zero-order valence-electron chi connectivity index (χ0n) is 38.2. The molecule has 0 aliphatic rings. The van der Waals surface area contributed by atoms with Gasteiger partial charge in [-0.15, -0.1) is 29.3 Å². The van der Waals surface area contributed by atoms with E-state index in [9.17, 15) is 5.11 Å². The Morgan fingerprint density at radius 1 is 0.492 bits per heavy atom. The molecule has 10 rings (SSSR count). The van der Waals surface area contributed by atoms with E-state index in [0.29, 0.717) is 11.4 Å². The first kappa shape index (κ1) is 43.7. The van der Waals surface area contributed by atoms with Gasteiger partial charge in [0.15, 0.2) is 0 Å². The number of para-hydroxylation sites is 4. The van der Waals surface area contributed by atoms with Gasteiger partial charge in [-0.05, 0) is 64.4 Å². The van der Waals surface area contributed by atoms with Crippen molar-refractivity contribution >= 4 is 32.8 Å². The fraction of sp³-hybridized carbons (Fsp3) is 0.186. The number of imidazole rings is 1. The molecule has 0 fully saturated rings. The van der Waals surface area contributed by atoms with E-state index in [0.717, 1.165) is 77.9 Å². The third-order valence-corrected chi connectivity index (χ3v) is 13.0. The number of rotatable bonds is 7. The fourth-order valence-corrected chi connectivity index (χ4v) is 9.25. The van der Waals surface area contributed by atoms with Crippen molar-refractivity contribution in [3.8, 4) is 50.9 Å². The van der Waals surface area contributed by atoms with E-state index in [1.54, 1.807) is 0 Å². The third-order valence-electron chi connectivity index (χ3n) is 13.0. The molecule has 0 radical (unpaired) electrons. The Labute approximate surface area is 396 Å². The summed E-state index contributed by atoms with van der Waals surface area (Å²) in [4.78, 5) is 10.8. The summed E-state index contributed by atoms with van der Waals surface area (Å²) in [6, 6.07) is 61.5. The standard InChI is InChI=1S/C59H53N4O.Pt/c1-57(2,3)41-34-48(55(64)49(35-41)58(4,5)6)56-61-54-45(28-20-30-52(54)63(56)44-25-16-11-17-26-44)38-31-39(33-42(32-38)59(7,8)40-21-12-9-13-22-40)50-36-47-46-27-18-19-29-51(46)62(53(47)37-60-50)43-23-14-10-15-24-43;/h9-30,32-37,64H,1-8H3;/q-1;. The van der Waals surface area contributed by atoms with Gasteiger partial charge in [-0.3, -0.25) is 9.55 Å². The summed E-state index contributed by atoms with van der Waals surface area (Å²) in [5.74, 6) is 0.941. The first-order valence-corrected chi connectivity index (χ1v) is 22.2. The Morgan fingerprint density at radius 3 is 1.75 bits per heavy atom. The number of hydrogen-bond acceptors (Lipinski definition) is 3. The number of benzene rings is 7. The summed E-state index contributed by atoms with van der Waals surface area (Å²) < 4.78 is 4.50. The Balaban J connectivity index is 0.00000533. The molecular weight excluding hydrogens is 976 g/mol. The smallest absolute Gasteiger partial charge is 0.148 e. The van der Waals surface area contributed by atoms with Crippen molar-refractivity contribution in [3.63, 3.8) is 0 Å². The molecule has 0 saturated heterocycles. The van der Waals surface area contributed by atoms with Crippen molar-refractivity contribution in [2.24, 2.45) is 0 Å². The first-order valence-electron chi connectivity index (χ1n) is 22.2. The van der Waals surface area contributed by atoms with E-state index >= 15 is 0 Å². The average molecular weight is 1030 g/mol. The molecule has 0 unspecified atom stereocenters. The number of aromatic hydroxyl groups is 1. The first-order chi connectivity index (χ1) is 30.7. The van der Waals surface area contributed by atoms with Crippen LogP contribution in [0.4, 0.5) is 0 Å². The molecule has 0 saturated carbocycles. The molecule has 0 bridgehead atoms. The Kier molecular flexibility index (Phi) is 11.1. The number of nitrogens with zero attached hydrogens (tertiary/aromatic N) is 4. The van der Waals surface area contributed by atoms with Crippen molar-refractivity contribution in [3.05, 3.63) is 198 Å². The Morgan fingerprint density at radius 2 is 1.09 bits per heavy atom. The Hall–Kier alpha value is -6.55. The molecule has 65 heavy (non-hydrogen) atoms. The molecule has 0 spiro atoms. The van der Waals surface area contributed by atoms with Crippen molar-refractivity contribution in [1.29, 1.82) is 0 Å². The summed E-state index contributed by atoms with van der Waals surface area (Å²) in [6.07, 6.45) is 2.01. The van der Waals surface area contributed by atoms with Crippen LogP contribution in [0.15, 0.2) is 170 Å². The Bertz CT molecular complexity index is 3370. The minimum Gasteiger partial charge on any atom is -0.507 e. The summed E-state index contributed by atoms with van der Waals surface area (Å²) >= 11 is 0. The van der Waals surface area contributed by atoms with E-state index in [4.69, 9.17) is 9.97 Å². The van der Waals surface area contributed by atoms with Gasteiger partial charge in [-0.1, -0.05) is 176 Å². The zero-order valence-corrected chi connectivity index (χ0v) is 40.5. The third kappa shape index (κ3) is 7.70. The van der Waals surface area contributed by atoms with Gasteiger partial charge in [-0.2, -0.15) is 0 Å². The van der Waals surface area contributed by atoms with Crippen LogP contribution >= 0.6 is 0 Å². The van der Waals surface area contributed by atoms with Crippen molar-refractivity contribution < 1.29 is 26.2 Å². The van der Waals surface area contributed by atoms with E-state index in [1.807, 2.05) is 12.3 Å². The number of hydrogen-bond donors (Lipinski definition) is 1. The number of fused-ring (bicyclic) bond motifs is 4. The van der Waals surface area contributed by atoms with Crippen LogP contribution in [0.1, 0.15) is 77.6 Å². The normalized spacial score (nSPS) is 12.2. The van der Waals surface area contributed by atoms with E-state index < -0.39 is 0 Å². The topological polar surface area (TPSA) is 55.9 Å². The van der Waals surface area contributed by atoms with Crippen LogP contribution in [0.25, 0.3) is 78.0 Å². The number of aromatic nitrogens is 4. The van der Waals surface area contributed by atoms with Crippen LogP contribution in [-0.2, 0) is 37.3 Å². The molecular formula is C59H53N4OPt-. The summed E-state index contributed by atoms with van der Waals surface area (Å²) in [5, 5.41) is 14.6. The van der Waals surface area contributed by atoms with E-state index in [-0.39, 0.29) is 43.1 Å². The van der Waals surface area contributed by atoms with Crippen LogP contribution < -0.4 is 0 Å². The molecule has 0 aliphatic carbocycles. The molecule has 10 aromatic rings. The van der Waals surface area contributed by atoms with Gasteiger partial charge in [0.2, 0.25) is 0 Å². The van der Waals surface area contributed by atoms with Gasteiger partial charge in [0.25, 0.3) is 0 Å². The zero-order chi connectivity index (χ0) is 44.5. The monoisotopic (exact) mass is 1030 g/mol. The molecule has 0 atom stereocenters. The number of phenolic OH excluding ortho intramolecular Hbond substituents is 1. The predicted molar refractivity (Wildman–Crippen MR) is 266 cm³/mol. The van der Waals surface area contributed by atoms with Gasteiger partial charge >= 0.3 is 0 Å². The summed E-state index contributed by atoms with van der Waals surface area (Å²) in [5.41, 5.74) is 13.9. The van der Waals surface area contributed by atoms with Gasteiger partial charge in [0.05, 0.1) is 27.6 Å². The minimum absolute atomic E-state index is 0. The number of pyridine rings is 1. The SMILES string of the molecule is CC(C)(C)c1cc(-c2nc3c(-c4[c-]c(-c5cc6c7ccccc7n(-c7ccccc7)c6cn5)cc(C(C)(C)c5ccccc5)c4)cccc3n2-c2ccccc2)c(O)c(C(C)(C)C)c1.[Pt]. The second kappa shape index (κ2) is 16.5. The van der Waals surface area contributed by atoms with Crippen LogP contribution in [-0.4, -0.2) is 24.2 Å². The molecule has 6 heteroatoms. The second-order valence-electron chi connectivity index (χ2n) is 19.7. The van der Waals surface area contributed by atoms with Gasteiger partial charge in [-0.25, -0.2) is 4.98 Å². The summed E-state index contributed by atoms with van der Waals surface area (Å²) in [7, 11) is 0. The second-order valence-corrected chi connectivity index (χ2v) is 19.7. The van der Waals surface area contributed by atoms with Crippen LogP contribution in [0, 0.1) is 6.07 Å². The average Bonchev–Trinajstić information content (AvgIpc) is 3.85. The van der Waals surface area contributed by atoms with Crippen molar-refractivity contribution in [2.45, 2.75) is 71.6 Å². The van der Waals surface area contributed by atoms with Crippen LogP contribution in [0.2, 0.25) is 0 Å². The quantitative estimate of drug-likeness (QED) is 0.162.